The first-order valence-electron chi connectivity index (χ1n) is 28.7. The summed E-state index contributed by atoms with van der Waals surface area (Å²) in [6.07, 6.45) is 2.61. The lowest BCUT2D eigenvalue weighted by Crippen LogP contribution is -2.42. The van der Waals surface area contributed by atoms with Gasteiger partial charge in [-0.25, -0.2) is 4.79 Å². The molecule has 21 heteroatoms. The molecule has 0 spiro atoms. The van der Waals surface area contributed by atoms with E-state index in [-0.39, 0.29) is 126 Å². The number of ether oxygens (including phenoxy) is 8. The SMILES string of the molecule is CC(C)(C)c1cc(CNCCCCC(=O)N[C@@H](Cc2ccccc2)C(=O)O)cc(C(C)(C)C)c1.O=C(O)CCCC(=O)Nc1ccc2c(c1)OCCOCCOCCOc1cc(NC(=O)CCCC(=O)O)ccc1OCCOCCOCCO2. The minimum atomic E-state index is -1.01. The molecule has 1 aliphatic heterocycles. The van der Waals surface area contributed by atoms with E-state index in [0.717, 1.165) is 25.1 Å². The highest BCUT2D eigenvalue weighted by atomic mass is 16.6. The van der Waals surface area contributed by atoms with Crippen molar-refractivity contribution < 1.29 is 82.0 Å². The van der Waals surface area contributed by atoms with Crippen LogP contribution in [0.1, 0.15) is 122 Å². The molecule has 7 N–H and O–H groups in total. The fourth-order valence-corrected chi connectivity index (χ4v) is 8.11. The molecule has 0 saturated heterocycles. The molecule has 4 aromatic rings. The van der Waals surface area contributed by atoms with Gasteiger partial charge >= 0.3 is 17.9 Å². The summed E-state index contributed by atoms with van der Waals surface area (Å²) in [5.41, 5.74) is 6.01. The molecule has 0 radical (unpaired) electrons. The van der Waals surface area contributed by atoms with Crippen LogP contribution in [0.3, 0.4) is 0 Å². The lowest BCUT2D eigenvalue weighted by Gasteiger charge is -2.26. The van der Waals surface area contributed by atoms with Crippen LogP contribution in [0, 0.1) is 0 Å². The summed E-state index contributed by atoms with van der Waals surface area (Å²) in [5.74, 6) is -2.06. The minimum absolute atomic E-state index is 0.0730. The number of amides is 3. The lowest BCUT2D eigenvalue weighted by molar-refractivity contribution is -0.141. The third-order valence-corrected chi connectivity index (χ3v) is 12.7. The van der Waals surface area contributed by atoms with Crippen LogP contribution >= 0.6 is 0 Å². The number of hydrogen-bond acceptors (Lipinski definition) is 15. The lowest BCUT2D eigenvalue weighted by atomic mass is 9.79. The normalized spacial score (nSPS) is 14.5. The third-order valence-electron chi connectivity index (χ3n) is 12.7. The van der Waals surface area contributed by atoms with Crippen molar-refractivity contribution in [1.29, 1.82) is 0 Å². The van der Waals surface area contributed by atoms with Gasteiger partial charge in [-0.2, -0.15) is 0 Å². The number of unbranched alkanes of at least 4 members (excludes halogenated alkanes) is 1. The van der Waals surface area contributed by atoms with Crippen molar-refractivity contribution in [3.63, 3.8) is 0 Å². The zero-order valence-electron chi connectivity index (χ0n) is 49.7. The van der Waals surface area contributed by atoms with Crippen molar-refractivity contribution in [3.05, 3.63) is 107 Å². The molecule has 462 valence electrons. The molecule has 3 amide bonds. The van der Waals surface area contributed by atoms with Crippen molar-refractivity contribution in [1.82, 2.24) is 10.6 Å². The van der Waals surface area contributed by atoms with E-state index < -0.39 is 23.9 Å². The molecule has 1 heterocycles. The Bertz CT molecular complexity index is 2520. The van der Waals surface area contributed by atoms with Gasteiger partial charge in [0.2, 0.25) is 17.7 Å². The Morgan fingerprint density at radius 1 is 0.452 bits per heavy atom. The molecule has 0 unspecified atom stereocenters. The van der Waals surface area contributed by atoms with E-state index in [2.05, 4.69) is 81.0 Å². The molecule has 21 nitrogen and oxygen atoms in total. The number of carbonyl (C=O) groups excluding carboxylic acids is 3. The Balaban J connectivity index is 0.000000388. The van der Waals surface area contributed by atoms with Gasteiger partial charge in [0.25, 0.3) is 0 Å². The van der Waals surface area contributed by atoms with Crippen LogP contribution in [0.25, 0.3) is 0 Å². The summed E-state index contributed by atoms with van der Waals surface area (Å²) in [4.78, 5) is 69.8. The number of rotatable bonds is 21. The number of benzene rings is 4. The van der Waals surface area contributed by atoms with E-state index in [1.165, 1.54) is 16.7 Å². The molecule has 5 rings (SSSR count). The molecule has 84 heavy (non-hydrogen) atoms. The van der Waals surface area contributed by atoms with Crippen molar-refractivity contribution >= 4 is 47.0 Å². The molecule has 1 atom stereocenters. The Hall–Kier alpha value is -7.30. The quantitative estimate of drug-likeness (QED) is 0.0384. The highest BCUT2D eigenvalue weighted by molar-refractivity contribution is 5.92. The number of anilines is 2. The van der Waals surface area contributed by atoms with Crippen LogP contribution in [0.2, 0.25) is 0 Å². The summed E-state index contributed by atoms with van der Waals surface area (Å²) < 4.78 is 46.0. The van der Waals surface area contributed by atoms with Gasteiger partial charge in [-0.15, -0.1) is 0 Å². The second kappa shape index (κ2) is 37.8. The Morgan fingerprint density at radius 2 is 0.869 bits per heavy atom. The van der Waals surface area contributed by atoms with Crippen molar-refractivity contribution in [2.24, 2.45) is 0 Å². The third kappa shape index (κ3) is 29.3. The Morgan fingerprint density at radius 3 is 1.29 bits per heavy atom. The van der Waals surface area contributed by atoms with Crippen LogP contribution in [0.4, 0.5) is 11.4 Å². The maximum absolute atomic E-state index is 12.3. The summed E-state index contributed by atoms with van der Waals surface area (Å²) in [7, 11) is 0. The standard InChI is InChI=1S/C34H46N2O14.C29H42N2O3/c37-31(3-1-5-33(39)40)35-25-7-9-27-29(23-25)49-21-17-45-13-14-46-18-22-50-30-24-26(36-32(38)4-2-6-34(41)42)8-10-28(30)48-20-16-44-12-11-43-15-19-47-27;1-28(2,3)23-16-22(17-24(19-23)29(4,5)6)20-30-15-11-10-14-26(32)31-25(27(33)34)18-21-12-8-7-9-13-21/h7-10,23-24H,1-6,11-22H2,(H,35,37)(H,36,38)(H,39,40)(H,41,42);7-9,12-13,16-17,19,25,30H,10-11,14-15,18,20H2,1-6H3,(H,31,32)(H,33,34)/t;25-/m.0/s1. The first-order chi connectivity index (χ1) is 40.2. The molecule has 0 fully saturated rings. The first kappa shape index (κ1) is 69.2. The van der Waals surface area contributed by atoms with Crippen molar-refractivity contribution in [3.8, 4) is 23.0 Å². The van der Waals surface area contributed by atoms with Crippen molar-refractivity contribution in [2.45, 2.75) is 129 Å². The predicted molar refractivity (Wildman–Crippen MR) is 317 cm³/mol. The number of carbonyl (C=O) groups is 6. The Kier molecular flexibility index (Phi) is 31.1. The van der Waals surface area contributed by atoms with Gasteiger partial charge in [0.1, 0.15) is 32.5 Å². The van der Waals surface area contributed by atoms with Gasteiger partial charge in [-0.3, -0.25) is 24.0 Å². The van der Waals surface area contributed by atoms with Gasteiger partial charge in [0.15, 0.2) is 23.0 Å². The van der Waals surface area contributed by atoms with Crippen LogP contribution in [-0.2, 0) is 71.5 Å². The van der Waals surface area contributed by atoms with E-state index in [1.54, 1.807) is 36.4 Å². The summed E-state index contributed by atoms with van der Waals surface area (Å²) in [5, 5.41) is 38.7. The second-order valence-corrected chi connectivity index (χ2v) is 22.0. The maximum Gasteiger partial charge on any atom is 0.326 e. The minimum Gasteiger partial charge on any atom is -0.487 e. The van der Waals surface area contributed by atoms with E-state index in [4.69, 9.17) is 48.1 Å². The number of nitrogens with one attached hydrogen (secondary N) is 4. The molecule has 0 bridgehead atoms. The zero-order valence-corrected chi connectivity index (χ0v) is 49.7. The van der Waals surface area contributed by atoms with Crippen LogP contribution in [-0.4, -0.2) is 143 Å². The van der Waals surface area contributed by atoms with E-state index >= 15 is 0 Å². The second-order valence-electron chi connectivity index (χ2n) is 22.0. The van der Waals surface area contributed by atoms with Crippen LogP contribution < -0.4 is 40.2 Å². The smallest absolute Gasteiger partial charge is 0.326 e. The molecule has 0 saturated carbocycles. The monoisotopic (exact) mass is 1170 g/mol. The number of hydrogen-bond donors (Lipinski definition) is 7. The molecular formula is C63H88N4O17. The van der Waals surface area contributed by atoms with Crippen LogP contribution in [0.5, 0.6) is 23.0 Å². The average Bonchev–Trinajstić information content (AvgIpc) is 3.50. The largest absolute Gasteiger partial charge is 0.487 e. The number of carboxylic acids is 3. The molecule has 0 aliphatic carbocycles. The van der Waals surface area contributed by atoms with E-state index in [9.17, 15) is 33.9 Å². The highest BCUT2D eigenvalue weighted by Crippen LogP contribution is 2.33. The molecule has 0 aromatic heterocycles. The van der Waals surface area contributed by atoms with Crippen molar-refractivity contribution in [2.75, 3.05) is 96.5 Å². The molecular weight excluding hydrogens is 1080 g/mol. The van der Waals surface area contributed by atoms with Gasteiger partial charge in [-0.1, -0.05) is 90.1 Å². The Labute approximate surface area is 493 Å². The predicted octanol–water partition coefficient (Wildman–Crippen LogP) is 8.72. The summed E-state index contributed by atoms with van der Waals surface area (Å²) >= 11 is 0. The topological polar surface area (TPSA) is 285 Å². The fourth-order valence-electron chi connectivity index (χ4n) is 8.11. The first-order valence-corrected chi connectivity index (χ1v) is 28.7. The number of aliphatic carboxylic acids is 3. The van der Waals surface area contributed by atoms with E-state index in [1.807, 2.05) is 30.3 Å². The van der Waals surface area contributed by atoms with Gasteiger partial charge in [0.05, 0.1) is 52.9 Å². The highest BCUT2D eigenvalue weighted by Gasteiger charge is 2.22. The molecule has 4 aromatic carbocycles. The average molecular weight is 1170 g/mol. The van der Waals surface area contributed by atoms with Crippen LogP contribution in [0.15, 0.2) is 84.9 Å². The number of fused-ring (bicyclic) bond motifs is 2. The fraction of sp³-hybridized carbons (Fsp3) is 0.524. The van der Waals surface area contributed by atoms with Gasteiger partial charge in [-0.05, 0) is 89.6 Å². The summed E-state index contributed by atoms with van der Waals surface area (Å²) in [6.45, 7) is 18.2. The number of carboxylic acid groups (broad SMARTS) is 3. The summed E-state index contributed by atoms with van der Waals surface area (Å²) in [6, 6.07) is 25.3. The maximum atomic E-state index is 12.3. The van der Waals surface area contributed by atoms with Gasteiger partial charge in [0, 0.05) is 68.6 Å². The van der Waals surface area contributed by atoms with Gasteiger partial charge < -0.3 is 74.5 Å². The van der Waals surface area contributed by atoms with E-state index in [0.29, 0.717) is 73.6 Å². The molecule has 1 aliphatic rings. The zero-order chi connectivity index (χ0) is 61.2.